The number of alkyl halides is 2. The Morgan fingerprint density at radius 3 is 2.45 bits per heavy atom. The second kappa shape index (κ2) is 9.86. The fraction of sp³-hybridized carbons (Fsp3) is 0.421. The van der Waals surface area contributed by atoms with Gasteiger partial charge in [0.15, 0.2) is 11.5 Å². The number of aromatic nitrogens is 1. The molecule has 0 radical (unpaired) electrons. The molecule has 0 aliphatic heterocycles. The van der Waals surface area contributed by atoms with Crippen molar-refractivity contribution in [1.29, 1.82) is 0 Å². The Balaban J connectivity index is 1.90. The predicted octanol–water partition coefficient (Wildman–Crippen LogP) is 4.31. The smallest absolute Gasteiger partial charge is 0.387 e. The Kier molecular flexibility index (Phi) is 7.48. The molecule has 6 nitrogen and oxygen atoms in total. The van der Waals surface area contributed by atoms with Crippen molar-refractivity contribution in [3.8, 4) is 11.5 Å². The van der Waals surface area contributed by atoms with Crippen LogP contribution in [0.3, 0.4) is 0 Å². The molecule has 1 saturated carbocycles. The highest BCUT2D eigenvalue weighted by atomic mass is 35.5. The standard InChI is InChI=1S/C19H20Cl2F2N2O4/c20-13-7-25-8-14(21)12(13)6-16(29-19(24)26)11-3-4-15(28-18(22)23)17(5-11)27-9-10-1-2-10/h3-5,7-8,10,16,18-19,26H,1-2,6,9,24H2. The largest absolute Gasteiger partial charge is 0.489 e. The van der Waals surface area contributed by atoms with Gasteiger partial charge < -0.3 is 19.3 Å². The summed E-state index contributed by atoms with van der Waals surface area (Å²) in [5.41, 5.74) is 6.46. The first-order valence-corrected chi connectivity index (χ1v) is 9.67. The number of nitrogens with zero attached hydrogens (tertiary/aromatic N) is 1. The predicted molar refractivity (Wildman–Crippen MR) is 103 cm³/mol. The van der Waals surface area contributed by atoms with E-state index in [1.807, 2.05) is 0 Å². The molecule has 0 spiro atoms. The van der Waals surface area contributed by atoms with Gasteiger partial charge in [-0.05, 0) is 42.0 Å². The molecule has 0 saturated heterocycles. The summed E-state index contributed by atoms with van der Waals surface area (Å²) in [7, 11) is 0. The summed E-state index contributed by atoms with van der Waals surface area (Å²) in [4.78, 5) is 3.90. The molecule has 3 rings (SSSR count). The molecular weight excluding hydrogens is 429 g/mol. The van der Waals surface area contributed by atoms with Crippen LogP contribution in [0.4, 0.5) is 8.78 Å². The lowest BCUT2D eigenvalue weighted by molar-refractivity contribution is -0.133. The van der Waals surface area contributed by atoms with Gasteiger partial charge in [-0.3, -0.25) is 10.7 Å². The summed E-state index contributed by atoms with van der Waals surface area (Å²) in [6.45, 7) is -2.59. The van der Waals surface area contributed by atoms with Gasteiger partial charge in [-0.2, -0.15) is 8.78 Å². The molecule has 1 fully saturated rings. The molecule has 1 aromatic carbocycles. The van der Waals surface area contributed by atoms with E-state index in [0.29, 0.717) is 33.7 Å². The lowest BCUT2D eigenvalue weighted by Crippen LogP contribution is -2.26. The minimum absolute atomic E-state index is 0.0866. The average molecular weight is 449 g/mol. The summed E-state index contributed by atoms with van der Waals surface area (Å²) in [5.74, 6) is 0.476. The van der Waals surface area contributed by atoms with E-state index in [-0.39, 0.29) is 17.9 Å². The fourth-order valence-corrected chi connectivity index (χ4v) is 3.27. The van der Waals surface area contributed by atoms with Crippen molar-refractivity contribution in [3.05, 3.63) is 51.8 Å². The van der Waals surface area contributed by atoms with Gasteiger partial charge in [-0.15, -0.1) is 0 Å². The second-order valence-corrected chi connectivity index (χ2v) is 7.45. The molecule has 1 aromatic heterocycles. The Morgan fingerprint density at radius 1 is 1.17 bits per heavy atom. The number of hydrogen-bond acceptors (Lipinski definition) is 6. The number of benzene rings is 1. The quantitative estimate of drug-likeness (QED) is 0.526. The zero-order chi connectivity index (χ0) is 21.0. The number of hydrogen-bond donors (Lipinski definition) is 2. The van der Waals surface area contributed by atoms with Crippen LogP contribution in [0.25, 0.3) is 0 Å². The average Bonchev–Trinajstić information content (AvgIpc) is 3.47. The first-order valence-electron chi connectivity index (χ1n) is 8.92. The van der Waals surface area contributed by atoms with E-state index in [0.717, 1.165) is 12.8 Å². The minimum Gasteiger partial charge on any atom is -0.489 e. The van der Waals surface area contributed by atoms with E-state index in [1.165, 1.54) is 30.6 Å². The van der Waals surface area contributed by atoms with Crippen molar-refractivity contribution < 1.29 is 28.1 Å². The van der Waals surface area contributed by atoms with E-state index in [4.69, 9.17) is 38.4 Å². The van der Waals surface area contributed by atoms with Gasteiger partial charge >= 0.3 is 6.61 Å². The van der Waals surface area contributed by atoms with Crippen LogP contribution in [0.15, 0.2) is 30.6 Å². The number of aliphatic hydroxyl groups excluding tert-OH is 1. The Bertz CT molecular complexity index is 818. The minimum atomic E-state index is -2.99. The second-order valence-electron chi connectivity index (χ2n) is 6.64. The van der Waals surface area contributed by atoms with E-state index in [1.54, 1.807) is 0 Å². The number of nitrogens with two attached hydrogens (primary N) is 1. The fourth-order valence-electron chi connectivity index (χ4n) is 2.75. The lowest BCUT2D eigenvalue weighted by atomic mass is 10.0. The van der Waals surface area contributed by atoms with Gasteiger partial charge in [0.1, 0.15) is 0 Å². The molecule has 1 aliphatic carbocycles. The highest BCUT2D eigenvalue weighted by molar-refractivity contribution is 6.35. The van der Waals surface area contributed by atoms with Crippen molar-refractivity contribution in [2.24, 2.45) is 11.7 Å². The molecule has 1 heterocycles. The molecule has 2 unspecified atom stereocenters. The van der Waals surface area contributed by atoms with Crippen molar-refractivity contribution in [3.63, 3.8) is 0 Å². The zero-order valence-electron chi connectivity index (χ0n) is 15.2. The van der Waals surface area contributed by atoms with Crippen LogP contribution >= 0.6 is 23.2 Å². The Hall–Kier alpha value is -1.71. The van der Waals surface area contributed by atoms with Gasteiger partial charge in [-0.1, -0.05) is 29.3 Å². The van der Waals surface area contributed by atoms with Gasteiger partial charge in [0.25, 0.3) is 0 Å². The zero-order valence-corrected chi connectivity index (χ0v) is 16.7. The van der Waals surface area contributed by atoms with Gasteiger partial charge in [0.05, 0.1) is 22.8 Å². The molecule has 10 heteroatoms. The van der Waals surface area contributed by atoms with Crippen LogP contribution in [0.1, 0.15) is 30.1 Å². The van der Waals surface area contributed by atoms with E-state index in [2.05, 4.69) is 9.72 Å². The number of pyridine rings is 1. The topological polar surface area (TPSA) is 86.8 Å². The molecule has 2 atom stereocenters. The SMILES string of the molecule is NC(O)OC(Cc1c(Cl)cncc1Cl)c1ccc(OC(F)F)c(OCC2CC2)c1. The maximum absolute atomic E-state index is 12.7. The maximum Gasteiger partial charge on any atom is 0.387 e. The number of rotatable bonds is 10. The van der Waals surface area contributed by atoms with Crippen LogP contribution < -0.4 is 15.2 Å². The van der Waals surface area contributed by atoms with Crippen LogP contribution in [-0.2, 0) is 11.2 Å². The third-order valence-corrected chi connectivity index (χ3v) is 5.02. The lowest BCUT2D eigenvalue weighted by Gasteiger charge is -2.22. The first-order chi connectivity index (χ1) is 13.8. The Labute approximate surface area is 176 Å². The molecule has 3 N–H and O–H groups in total. The Morgan fingerprint density at radius 2 is 1.86 bits per heavy atom. The summed E-state index contributed by atoms with van der Waals surface area (Å²) >= 11 is 12.4. The summed E-state index contributed by atoms with van der Waals surface area (Å²) < 4.78 is 41.1. The molecule has 0 amide bonds. The first kappa shape index (κ1) is 22.0. The highest BCUT2D eigenvalue weighted by Crippen LogP contribution is 2.37. The molecule has 29 heavy (non-hydrogen) atoms. The van der Waals surface area contributed by atoms with Gasteiger partial charge in [0, 0.05) is 18.8 Å². The van der Waals surface area contributed by atoms with E-state index >= 15 is 0 Å². The molecular formula is C19H20Cl2F2N2O4. The molecule has 0 bridgehead atoms. The van der Waals surface area contributed by atoms with Crippen LogP contribution in [-0.4, -0.2) is 29.7 Å². The molecule has 2 aromatic rings. The van der Waals surface area contributed by atoms with Crippen molar-refractivity contribution in [2.45, 2.75) is 38.4 Å². The van der Waals surface area contributed by atoms with E-state index < -0.39 is 19.1 Å². The van der Waals surface area contributed by atoms with Crippen LogP contribution in [0, 0.1) is 5.92 Å². The van der Waals surface area contributed by atoms with Crippen LogP contribution in [0.5, 0.6) is 11.5 Å². The van der Waals surface area contributed by atoms with E-state index in [9.17, 15) is 13.9 Å². The van der Waals surface area contributed by atoms with Gasteiger partial charge in [0.2, 0.25) is 6.41 Å². The highest BCUT2D eigenvalue weighted by Gasteiger charge is 2.25. The van der Waals surface area contributed by atoms with Crippen molar-refractivity contribution in [1.82, 2.24) is 4.98 Å². The molecule has 1 aliphatic rings. The third-order valence-electron chi connectivity index (χ3n) is 4.37. The monoisotopic (exact) mass is 448 g/mol. The van der Waals surface area contributed by atoms with Crippen molar-refractivity contribution in [2.75, 3.05) is 6.61 Å². The third kappa shape index (κ3) is 6.38. The van der Waals surface area contributed by atoms with Gasteiger partial charge in [-0.25, -0.2) is 0 Å². The maximum atomic E-state index is 12.7. The van der Waals surface area contributed by atoms with Crippen molar-refractivity contribution >= 4 is 23.2 Å². The van der Waals surface area contributed by atoms with Crippen LogP contribution in [0.2, 0.25) is 10.0 Å². The summed E-state index contributed by atoms with van der Waals surface area (Å²) in [6, 6.07) is 4.41. The number of halogens is 4. The summed E-state index contributed by atoms with van der Waals surface area (Å²) in [6.07, 6.45) is 2.74. The summed E-state index contributed by atoms with van der Waals surface area (Å²) in [5, 5.41) is 10.2. The normalized spacial score (nSPS) is 16.0. The number of ether oxygens (including phenoxy) is 3. The molecule has 158 valence electrons. The number of aliphatic hydroxyl groups is 1.